The van der Waals surface area contributed by atoms with E-state index in [1.807, 2.05) is 6.20 Å². The summed E-state index contributed by atoms with van der Waals surface area (Å²) < 4.78 is 5.80. The van der Waals surface area contributed by atoms with Gasteiger partial charge in [-0.15, -0.1) is 24.0 Å². The Hall–Kier alpha value is -1.87. The molecule has 164 valence electrons. The zero-order valence-corrected chi connectivity index (χ0v) is 20.5. The van der Waals surface area contributed by atoms with E-state index in [9.17, 15) is 0 Å². The van der Waals surface area contributed by atoms with Crippen LogP contribution in [0.25, 0.3) is 0 Å². The standard InChI is InChI=1S/C23H33N5O.HI/c1-18-16-28(17-19(2)29-18)22-12-11-21(14-26-22)15-27-23(24-3)25-13-7-10-20-8-5-4-6-9-20;/h4-6,8-9,11-12,14,18-19H,7,10,13,15-17H2,1-3H3,(H2,24,25,27);1H. The molecule has 1 aliphatic heterocycles. The largest absolute Gasteiger partial charge is 0.372 e. The third-order valence-electron chi connectivity index (χ3n) is 5.01. The highest BCUT2D eigenvalue weighted by atomic mass is 127. The Morgan fingerprint density at radius 3 is 2.43 bits per heavy atom. The number of halogens is 1. The van der Waals surface area contributed by atoms with E-state index in [1.165, 1.54) is 5.56 Å². The van der Waals surface area contributed by atoms with E-state index in [2.05, 4.69) is 81.8 Å². The van der Waals surface area contributed by atoms with Gasteiger partial charge in [0.15, 0.2) is 5.96 Å². The predicted octanol–water partition coefficient (Wildman–Crippen LogP) is 3.61. The van der Waals surface area contributed by atoms with E-state index in [-0.39, 0.29) is 36.2 Å². The fourth-order valence-electron chi connectivity index (χ4n) is 3.62. The number of aryl methyl sites for hydroxylation is 1. The van der Waals surface area contributed by atoms with Crippen LogP contribution in [0, 0.1) is 0 Å². The Morgan fingerprint density at radius 1 is 1.07 bits per heavy atom. The van der Waals surface area contributed by atoms with Crippen molar-refractivity contribution in [3.63, 3.8) is 0 Å². The number of rotatable bonds is 7. The molecular weight excluding hydrogens is 489 g/mol. The van der Waals surface area contributed by atoms with Crippen molar-refractivity contribution in [2.75, 3.05) is 31.6 Å². The predicted molar refractivity (Wildman–Crippen MR) is 135 cm³/mol. The van der Waals surface area contributed by atoms with Gasteiger partial charge in [0.05, 0.1) is 12.2 Å². The van der Waals surface area contributed by atoms with Crippen molar-refractivity contribution in [2.24, 2.45) is 4.99 Å². The molecular formula is C23H34IN5O. The maximum absolute atomic E-state index is 5.80. The van der Waals surface area contributed by atoms with E-state index in [4.69, 9.17) is 4.74 Å². The normalized spacial score (nSPS) is 19.2. The van der Waals surface area contributed by atoms with Gasteiger partial charge in [-0.3, -0.25) is 4.99 Å². The van der Waals surface area contributed by atoms with Crippen molar-refractivity contribution < 1.29 is 4.74 Å². The number of hydrogen-bond acceptors (Lipinski definition) is 4. The van der Waals surface area contributed by atoms with Gasteiger partial charge in [0.1, 0.15) is 5.82 Å². The quantitative estimate of drug-likeness (QED) is 0.251. The highest BCUT2D eigenvalue weighted by Crippen LogP contribution is 2.18. The van der Waals surface area contributed by atoms with Gasteiger partial charge in [0.25, 0.3) is 0 Å². The Balaban J connectivity index is 0.00000320. The summed E-state index contributed by atoms with van der Waals surface area (Å²) >= 11 is 0. The summed E-state index contributed by atoms with van der Waals surface area (Å²) in [4.78, 5) is 11.3. The van der Waals surface area contributed by atoms with Crippen molar-refractivity contribution >= 4 is 35.8 Å². The van der Waals surface area contributed by atoms with E-state index in [1.54, 1.807) is 7.05 Å². The van der Waals surface area contributed by atoms with E-state index >= 15 is 0 Å². The van der Waals surface area contributed by atoms with Gasteiger partial charge in [0, 0.05) is 39.4 Å². The summed E-state index contributed by atoms with van der Waals surface area (Å²) in [5.41, 5.74) is 2.50. The lowest BCUT2D eigenvalue weighted by molar-refractivity contribution is -0.00545. The first-order valence-electron chi connectivity index (χ1n) is 10.5. The lowest BCUT2D eigenvalue weighted by Crippen LogP contribution is -2.45. The number of aliphatic imine (C=N–C) groups is 1. The first-order valence-corrected chi connectivity index (χ1v) is 10.5. The fourth-order valence-corrected chi connectivity index (χ4v) is 3.62. The van der Waals surface area contributed by atoms with Crippen LogP contribution in [-0.2, 0) is 17.7 Å². The minimum Gasteiger partial charge on any atom is -0.372 e. The first-order chi connectivity index (χ1) is 14.1. The van der Waals surface area contributed by atoms with Crippen LogP contribution in [-0.4, -0.2) is 49.8 Å². The average Bonchev–Trinajstić information content (AvgIpc) is 2.74. The Kier molecular flexibility index (Phi) is 10.4. The first kappa shape index (κ1) is 24.4. The summed E-state index contributed by atoms with van der Waals surface area (Å²) in [7, 11) is 1.80. The molecule has 0 amide bonds. The van der Waals surface area contributed by atoms with E-state index in [0.29, 0.717) is 6.54 Å². The lowest BCUT2D eigenvalue weighted by Gasteiger charge is -2.36. The van der Waals surface area contributed by atoms with E-state index < -0.39 is 0 Å². The van der Waals surface area contributed by atoms with Gasteiger partial charge in [-0.1, -0.05) is 36.4 Å². The number of hydrogen-bond donors (Lipinski definition) is 2. The number of nitrogens with zero attached hydrogens (tertiary/aromatic N) is 3. The summed E-state index contributed by atoms with van der Waals surface area (Å²) in [5.74, 6) is 1.83. The Morgan fingerprint density at radius 2 is 1.80 bits per heavy atom. The molecule has 2 unspecified atom stereocenters. The topological polar surface area (TPSA) is 61.8 Å². The molecule has 30 heavy (non-hydrogen) atoms. The molecule has 2 aromatic rings. The third-order valence-corrected chi connectivity index (χ3v) is 5.01. The van der Waals surface area contributed by atoms with Gasteiger partial charge in [-0.2, -0.15) is 0 Å². The number of anilines is 1. The molecule has 7 heteroatoms. The van der Waals surface area contributed by atoms with Gasteiger partial charge in [0.2, 0.25) is 0 Å². The van der Waals surface area contributed by atoms with Crippen LogP contribution in [0.1, 0.15) is 31.4 Å². The van der Waals surface area contributed by atoms with Crippen LogP contribution in [0.5, 0.6) is 0 Å². The molecule has 2 heterocycles. The van der Waals surface area contributed by atoms with Crippen LogP contribution >= 0.6 is 24.0 Å². The molecule has 0 bridgehead atoms. The molecule has 1 aromatic carbocycles. The van der Waals surface area contributed by atoms with Gasteiger partial charge < -0.3 is 20.3 Å². The van der Waals surface area contributed by atoms with Crippen molar-refractivity contribution in [2.45, 2.75) is 45.4 Å². The second-order valence-electron chi connectivity index (χ2n) is 7.63. The summed E-state index contributed by atoms with van der Waals surface area (Å²) in [6.45, 7) is 7.57. The van der Waals surface area contributed by atoms with E-state index in [0.717, 1.165) is 49.8 Å². The number of guanidine groups is 1. The molecule has 2 atom stereocenters. The average molecular weight is 523 g/mol. The van der Waals surface area contributed by atoms with Crippen LogP contribution in [0.2, 0.25) is 0 Å². The molecule has 6 nitrogen and oxygen atoms in total. The molecule has 1 saturated heterocycles. The third kappa shape index (κ3) is 7.75. The molecule has 0 saturated carbocycles. The summed E-state index contributed by atoms with van der Waals surface area (Å²) in [6, 6.07) is 14.8. The van der Waals surface area contributed by atoms with Crippen molar-refractivity contribution in [3.8, 4) is 0 Å². The fraction of sp³-hybridized carbons (Fsp3) is 0.478. The second kappa shape index (κ2) is 12.7. The van der Waals surface area contributed by atoms with Gasteiger partial charge >= 0.3 is 0 Å². The number of aromatic nitrogens is 1. The number of pyridine rings is 1. The molecule has 2 N–H and O–H groups in total. The number of nitrogens with one attached hydrogen (secondary N) is 2. The molecule has 0 radical (unpaired) electrons. The monoisotopic (exact) mass is 523 g/mol. The van der Waals surface area contributed by atoms with Crippen molar-refractivity contribution in [1.82, 2.24) is 15.6 Å². The smallest absolute Gasteiger partial charge is 0.191 e. The van der Waals surface area contributed by atoms with Gasteiger partial charge in [-0.05, 0) is 43.9 Å². The molecule has 1 fully saturated rings. The van der Waals surface area contributed by atoms with Crippen molar-refractivity contribution in [3.05, 3.63) is 59.8 Å². The van der Waals surface area contributed by atoms with Crippen molar-refractivity contribution in [1.29, 1.82) is 0 Å². The van der Waals surface area contributed by atoms with Gasteiger partial charge in [-0.25, -0.2) is 4.98 Å². The highest BCUT2D eigenvalue weighted by Gasteiger charge is 2.22. The number of ether oxygens (including phenoxy) is 1. The molecule has 1 aliphatic rings. The molecule has 3 rings (SSSR count). The molecule has 1 aromatic heterocycles. The Labute approximate surface area is 197 Å². The van der Waals surface area contributed by atoms with Crippen LogP contribution < -0.4 is 15.5 Å². The zero-order valence-electron chi connectivity index (χ0n) is 18.2. The number of benzene rings is 1. The van der Waals surface area contributed by atoms with Crippen LogP contribution in [0.4, 0.5) is 5.82 Å². The van der Waals surface area contributed by atoms with Crippen LogP contribution in [0.15, 0.2) is 53.7 Å². The highest BCUT2D eigenvalue weighted by molar-refractivity contribution is 14.0. The SMILES string of the molecule is CN=C(NCCCc1ccccc1)NCc1ccc(N2CC(C)OC(C)C2)nc1.I. The minimum atomic E-state index is 0. The Bertz CT molecular complexity index is 759. The zero-order chi connectivity index (χ0) is 20.5. The summed E-state index contributed by atoms with van der Waals surface area (Å²) in [5, 5.41) is 6.74. The second-order valence-corrected chi connectivity index (χ2v) is 7.63. The maximum atomic E-state index is 5.80. The minimum absolute atomic E-state index is 0. The van der Waals surface area contributed by atoms with Crippen LogP contribution in [0.3, 0.4) is 0 Å². The number of morpholine rings is 1. The molecule has 0 aliphatic carbocycles. The summed E-state index contributed by atoms with van der Waals surface area (Å²) in [6.07, 6.45) is 4.54. The molecule has 0 spiro atoms. The lowest BCUT2D eigenvalue weighted by atomic mass is 10.1. The maximum Gasteiger partial charge on any atom is 0.191 e.